The Hall–Kier alpha value is -4.11. The number of rotatable bonds is 10. The third-order valence-electron chi connectivity index (χ3n) is 5.86. The molecule has 0 saturated carbocycles. The van der Waals surface area contributed by atoms with E-state index in [1.807, 2.05) is 36.4 Å². The number of carboxylic acids is 1. The predicted molar refractivity (Wildman–Crippen MR) is 126 cm³/mol. The monoisotopic (exact) mass is 478 g/mol. The number of aliphatic carboxylic acids is 1. The normalized spacial score (nSPS) is 12.9. The Kier molecular flexibility index (Phi) is 7.47. The minimum absolute atomic E-state index is 0.0235. The molecule has 0 spiro atoms. The van der Waals surface area contributed by atoms with Crippen LogP contribution in [0.4, 0.5) is 4.79 Å². The molecule has 1 aromatic heterocycles. The molecule has 0 radical (unpaired) electrons. The molecular weight excluding hydrogens is 452 g/mol. The molecule has 1 aliphatic rings. The van der Waals surface area contributed by atoms with Crippen LogP contribution in [-0.2, 0) is 20.8 Å². The second kappa shape index (κ2) is 10.9. The summed E-state index contributed by atoms with van der Waals surface area (Å²) in [6.45, 7) is 0.266. The van der Waals surface area contributed by atoms with Gasteiger partial charge in [-0.2, -0.15) is 0 Å². The molecule has 2 amide bonds. The summed E-state index contributed by atoms with van der Waals surface area (Å²) in [5.74, 6) is -1.16. The molecule has 0 aliphatic heterocycles. The number of amides is 2. The number of benzene rings is 2. The molecule has 4 rings (SSSR count). The third-order valence-corrected chi connectivity index (χ3v) is 5.86. The van der Waals surface area contributed by atoms with Gasteiger partial charge in [-0.1, -0.05) is 48.5 Å². The summed E-state index contributed by atoms with van der Waals surface area (Å²) in [5.41, 5.74) is 4.56. The highest BCUT2D eigenvalue weighted by Gasteiger charge is 2.29. The number of methoxy groups -OCH3 is 1. The first-order valence-corrected chi connectivity index (χ1v) is 11.2. The summed E-state index contributed by atoms with van der Waals surface area (Å²) in [5, 5.41) is 14.0. The van der Waals surface area contributed by atoms with Crippen molar-refractivity contribution in [3.8, 4) is 11.1 Å². The maximum Gasteiger partial charge on any atom is 0.407 e. The predicted octanol–water partition coefficient (Wildman–Crippen LogP) is 3.54. The van der Waals surface area contributed by atoms with Crippen LogP contribution in [0.1, 0.15) is 39.8 Å². The molecule has 0 saturated heterocycles. The van der Waals surface area contributed by atoms with E-state index in [9.17, 15) is 14.4 Å². The Balaban J connectivity index is 1.26. The van der Waals surface area contributed by atoms with Gasteiger partial charge in [-0.25, -0.2) is 4.79 Å². The Labute approximate surface area is 202 Å². The van der Waals surface area contributed by atoms with Crippen molar-refractivity contribution < 1.29 is 33.4 Å². The van der Waals surface area contributed by atoms with Crippen LogP contribution in [0.15, 0.2) is 65.1 Å². The first-order valence-electron chi connectivity index (χ1n) is 11.2. The van der Waals surface area contributed by atoms with Crippen molar-refractivity contribution in [3.05, 3.63) is 83.3 Å². The molecule has 3 N–H and O–H groups in total. The lowest BCUT2D eigenvalue weighted by atomic mass is 9.98. The van der Waals surface area contributed by atoms with Gasteiger partial charge < -0.3 is 29.6 Å². The number of carbonyl (C=O) groups excluding carboxylic acids is 2. The largest absolute Gasteiger partial charge is 0.481 e. The fourth-order valence-electron chi connectivity index (χ4n) is 4.13. The van der Waals surface area contributed by atoms with Gasteiger partial charge in [-0.3, -0.25) is 9.59 Å². The fourth-order valence-corrected chi connectivity index (χ4v) is 4.13. The molecule has 2 aromatic carbocycles. The van der Waals surface area contributed by atoms with Crippen LogP contribution in [0.3, 0.4) is 0 Å². The van der Waals surface area contributed by atoms with Crippen molar-refractivity contribution in [2.24, 2.45) is 0 Å². The number of hydrogen-bond acceptors (Lipinski definition) is 6. The molecule has 9 nitrogen and oxygen atoms in total. The number of alkyl carbamates (subject to hydrolysis) is 1. The number of carbonyl (C=O) groups is 3. The van der Waals surface area contributed by atoms with Crippen LogP contribution in [0.5, 0.6) is 0 Å². The van der Waals surface area contributed by atoms with Crippen LogP contribution in [0.25, 0.3) is 11.1 Å². The molecule has 3 aromatic rings. The SMILES string of the molecule is COC(CNC(=O)c1ccc(CNC(=O)OCC2c3ccccc3-c3ccccc32)o1)CC(=O)O. The van der Waals surface area contributed by atoms with Crippen molar-refractivity contribution in [2.45, 2.75) is 25.0 Å². The van der Waals surface area contributed by atoms with Gasteiger partial charge in [-0.05, 0) is 34.4 Å². The first-order chi connectivity index (χ1) is 17.0. The van der Waals surface area contributed by atoms with Gasteiger partial charge in [0.25, 0.3) is 5.91 Å². The zero-order valence-electron chi connectivity index (χ0n) is 19.2. The first kappa shape index (κ1) is 24.0. The van der Waals surface area contributed by atoms with Gasteiger partial charge in [-0.15, -0.1) is 0 Å². The Morgan fingerprint density at radius 1 is 0.971 bits per heavy atom. The Morgan fingerprint density at radius 3 is 2.26 bits per heavy atom. The lowest BCUT2D eigenvalue weighted by molar-refractivity contribution is -0.139. The number of hydrogen-bond donors (Lipinski definition) is 3. The molecule has 9 heteroatoms. The third kappa shape index (κ3) is 5.70. The maximum absolute atomic E-state index is 12.3. The Bertz CT molecular complexity index is 1170. The van der Waals surface area contributed by atoms with E-state index in [0.29, 0.717) is 5.76 Å². The zero-order valence-corrected chi connectivity index (χ0v) is 19.2. The fraction of sp³-hybridized carbons (Fsp3) is 0.269. The van der Waals surface area contributed by atoms with Crippen LogP contribution in [0, 0.1) is 0 Å². The average Bonchev–Trinajstić information content (AvgIpc) is 3.46. The van der Waals surface area contributed by atoms with Crippen molar-refractivity contribution in [2.75, 3.05) is 20.3 Å². The molecule has 1 heterocycles. The van der Waals surface area contributed by atoms with E-state index >= 15 is 0 Å². The molecule has 35 heavy (non-hydrogen) atoms. The van der Waals surface area contributed by atoms with Crippen LogP contribution < -0.4 is 10.6 Å². The Morgan fingerprint density at radius 2 is 1.63 bits per heavy atom. The van der Waals surface area contributed by atoms with Gasteiger partial charge in [0.05, 0.1) is 19.1 Å². The molecule has 182 valence electrons. The summed E-state index contributed by atoms with van der Waals surface area (Å²) < 4.78 is 16.0. The van der Waals surface area contributed by atoms with Crippen molar-refractivity contribution in [3.63, 3.8) is 0 Å². The summed E-state index contributed by atoms with van der Waals surface area (Å²) >= 11 is 0. The number of carboxylic acid groups (broad SMARTS) is 1. The zero-order chi connectivity index (χ0) is 24.8. The van der Waals surface area contributed by atoms with Gasteiger partial charge in [0, 0.05) is 19.6 Å². The second-order valence-corrected chi connectivity index (χ2v) is 8.11. The molecule has 0 bridgehead atoms. The van der Waals surface area contributed by atoms with Crippen molar-refractivity contribution in [1.29, 1.82) is 0 Å². The van der Waals surface area contributed by atoms with E-state index in [0.717, 1.165) is 22.3 Å². The van der Waals surface area contributed by atoms with Gasteiger partial charge in [0.2, 0.25) is 0 Å². The summed E-state index contributed by atoms with van der Waals surface area (Å²) in [6.07, 6.45) is -1.48. The number of furan rings is 1. The minimum Gasteiger partial charge on any atom is -0.481 e. The van der Waals surface area contributed by atoms with E-state index < -0.39 is 24.1 Å². The highest BCUT2D eigenvalue weighted by Crippen LogP contribution is 2.44. The van der Waals surface area contributed by atoms with Crippen molar-refractivity contribution in [1.82, 2.24) is 10.6 Å². The van der Waals surface area contributed by atoms with Crippen molar-refractivity contribution >= 4 is 18.0 Å². The van der Waals surface area contributed by atoms with E-state index in [4.69, 9.17) is 19.0 Å². The van der Waals surface area contributed by atoms with E-state index in [1.54, 1.807) is 6.07 Å². The molecule has 1 atom stereocenters. The van der Waals surface area contributed by atoms with E-state index in [-0.39, 0.29) is 37.8 Å². The topological polar surface area (TPSA) is 127 Å². The smallest absolute Gasteiger partial charge is 0.407 e. The second-order valence-electron chi connectivity index (χ2n) is 8.11. The van der Waals surface area contributed by atoms with E-state index in [1.165, 1.54) is 13.2 Å². The molecular formula is C26H26N2O7. The van der Waals surface area contributed by atoms with Gasteiger partial charge in [0.1, 0.15) is 12.4 Å². The standard InChI is InChI=1S/C26H26N2O7/c1-33-17(12-24(29)30)14-27-25(31)23-11-10-16(35-23)13-28-26(32)34-15-22-20-8-4-2-6-18(20)19-7-3-5-9-21(19)22/h2-11,17,22H,12-15H2,1H3,(H,27,31)(H,28,32)(H,29,30). The summed E-state index contributed by atoms with van der Waals surface area (Å²) in [7, 11) is 1.37. The lowest BCUT2D eigenvalue weighted by Gasteiger charge is -2.14. The quantitative estimate of drug-likeness (QED) is 0.407. The highest BCUT2D eigenvalue weighted by molar-refractivity contribution is 5.91. The van der Waals surface area contributed by atoms with Gasteiger partial charge in [0.15, 0.2) is 5.76 Å². The van der Waals surface area contributed by atoms with Crippen LogP contribution in [0.2, 0.25) is 0 Å². The minimum atomic E-state index is -1.02. The number of nitrogens with one attached hydrogen (secondary N) is 2. The van der Waals surface area contributed by atoms with Crippen LogP contribution in [-0.4, -0.2) is 49.4 Å². The summed E-state index contributed by atoms with van der Waals surface area (Å²) in [4.78, 5) is 35.3. The van der Waals surface area contributed by atoms with Crippen LogP contribution >= 0.6 is 0 Å². The average molecular weight is 479 g/mol. The van der Waals surface area contributed by atoms with Gasteiger partial charge >= 0.3 is 12.1 Å². The van der Waals surface area contributed by atoms with E-state index in [2.05, 4.69) is 22.8 Å². The summed E-state index contributed by atoms with van der Waals surface area (Å²) in [6, 6.07) is 19.2. The molecule has 0 fully saturated rings. The number of fused-ring (bicyclic) bond motifs is 3. The number of ether oxygens (including phenoxy) is 2. The lowest BCUT2D eigenvalue weighted by Crippen LogP contribution is -2.34. The molecule has 1 unspecified atom stereocenters. The molecule has 1 aliphatic carbocycles. The highest BCUT2D eigenvalue weighted by atomic mass is 16.5. The maximum atomic E-state index is 12.3.